The molecule has 3 N–H and O–H groups in total. The van der Waals surface area contributed by atoms with E-state index in [2.05, 4.69) is 16.0 Å². The Balaban J connectivity index is 2.71. The van der Waals surface area contributed by atoms with Crippen LogP contribution in [-0.4, -0.2) is 32.5 Å². The summed E-state index contributed by atoms with van der Waals surface area (Å²) in [6, 6.07) is 4.77. The molecule has 6 heteroatoms. The summed E-state index contributed by atoms with van der Waals surface area (Å²) in [6.07, 6.45) is 1.15. The third kappa shape index (κ3) is 4.89. The lowest BCUT2D eigenvalue weighted by molar-refractivity contribution is -0.116. The van der Waals surface area contributed by atoms with Crippen molar-refractivity contribution in [3.8, 4) is 0 Å². The molecule has 19 heavy (non-hydrogen) atoms. The van der Waals surface area contributed by atoms with Crippen molar-refractivity contribution in [3.05, 3.63) is 28.8 Å². The van der Waals surface area contributed by atoms with Gasteiger partial charge in [-0.2, -0.15) is 0 Å². The fraction of sp³-hybridized carbons (Fsp3) is 0.385. The third-order valence-electron chi connectivity index (χ3n) is 2.56. The molecule has 0 aromatic heterocycles. The first-order valence-electron chi connectivity index (χ1n) is 6.04. The Bertz CT molecular complexity index is 463. The number of nitrogens with one attached hydrogen (secondary N) is 3. The molecule has 1 rings (SSSR count). The van der Waals surface area contributed by atoms with Crippen LogP contribution in [0.3, 0.4) is 0 Å². The van der Waals surface area contributed by atoms with Crippen molar-refractivity contribution in [1.82, 2.24) is 10.6 Å². The standard InChI is InChI=1S/C13H18ClN3O2/c1-15-7-3-4-12(18)17-11-8-9(13(19)16-2)5-6-10(11)14/h5-6,8,15H,3-4,7H2,1-2H3,(H,16,19)(H,17,18). The molecule has 1 aromatic rings. The Morgan fingerprint density at radius 3 is 2.63 bits per heavy atom. The average Bonchev–Trinajstić information content (AvgIpc) is 2.40. The van der Waals surface area contributed by atoms with Gasteiger partial charge in [0, 0.05) is 19.0 Å². The van der Waals surface area contributed by atoms with Crippen LogP contribution in [0.2, 0.25) is 5.02 Å². The zero-order valence-corrected chi connectivity index (χ0v) is 11.8. The van der Waals surface area contributed by atoms with E-state index in [9.17, 15) is 9.59 Å². The first kappa shape index (κ1) is 15.5. The molecule has 1 aromatic carbocycles. The van der Waals surface area contributed by atoms with E-state index in [0.717, 1.165) is 13.0 Å². The second kappa shape index (κ2) is 7.76. The lowest BCUT2D eigenvalue weighted by Gasteiger charge is -2.09. The lowest BCUT2D eigenvalue weighted by atomic mass is 10.2. The van der Waals surface area contributed by atoms with Crippen molar-refractivity contribution in [2.24, 2.45) is 0 Å². The van der Waals surface area contributed by atoms with E-state index < -0.39 is 0 Å². The summed E-state index contributed by atoms with van der Waals surface area (Å²) in [5.74, 6) is -0.339. The van der Waals surface area contributed by atoms with Gasteiger partial charge < -0.3 is 16.0 Å². The van der Waals surface area contributed by atoms with Gasteiger partial charge in [0.1, 0.15) is 0 Å². The molecule has 5 nitrogen and oxygen atoms in total. The van der Waals surface area contributed by atoms with Crippen molar-refractivity contribution in [2.45, 2.75) is 12.8 Å². The van der Waals surface area contributed by atoms with E-state index in [0.29, 0.717) is 22.7 Å². The molecule has 0 aliphatic heterocycles. The molecular weight excluding hydrogens is 266 g/mol. The summed E-state index contributed by atoms with van der Waals surface area (Å²) >= 11 is 5.99. The zero-order valence-electron chi connectivity index (χ0n) is 11.0. The van der Waals surface area contributed by atoms with Crippen LogP contribution < -0.4 is 16.0 Å². The zero-order chi connectivity index (χ0) is 14.3. The number of halogens is 1. The van der Waals surface area contributed by atoms with E-state index in [4.69, 9.17) is 11.6 Å². The van der Waals surface area contributed by atoms with Crippen LogP contribution in [0.15, 0.2) is 18.2 Å². The molecule has 0 aliphatic carbocycles. The molecule has 0 heterocycles. The molecule has 0 atom stereocenters. The maximum Gasteiger partial charge on any atom is 0.251 e. The monoisotopic (exact) mass is 283 g/mol. The predicted molar refractivity (Wildman–Crippen MR) is 76.6 cm³/mol. The highest BCUT2D eigenvalue weighted by atomic mass is 35.5. The number of carbonyl (C=O) groups is 2. The summed E-state index contributed by atoms with van der Waals surface area (Å²) in [5.41, 5.74) is 0.912. The van der Waals surface area contributed by atoms with Crippen molar-refractivity contribution in [3.63, 3.8) is 0 Å². The molecule has 104 valence electrons. The van der Waals surface area contributed by atoms with Crippen LogP contribution in [0.4, 0.5) is 5.69 Å². The van der Waals surface area contributed by atoms with Crippen LogP contribution in [0.25, 0.3) is 0 Å². The molecule has 0 bridgehead atoms. The maximum absolute atomic E-state index is 11.7. The highest BCUT2D eigenvalue weighted by Gasteiger charge is 2.09. The van der Waals surface area contributed by atoms with E-state index in [1.54, 1.807) is 25.2 Å². The fourth-order valence-electron chi connectivity index (χ4n) is 1.55. The van der Waals surface area contributed by atoms with Gasteiger partial charge in [-0.1, -0.05) is 11.6 Å². The number of hydrogen-bond donors (Lipinski definition) is 3. The van der Waals surface area contributed by atoms with E-state index in [1.165, 1.54) is 0 Å². The Kier molecular flexibility index (Phi) is 6.32. The molecule has 0 fully saturated rings. The Hall–Kier alpha value is -1.59. The third-order valence-corrected chi connectivity index (χ3v) is 2.89. The van der Waals surface area contributed by atoms with Gasteiger partial charge in [-0.3, -0.25) is 9.59 Å². The number of anilines is 1. The maximum atomic E-state index is 11.7. The van der Waals surface area contributed by atoms with Gasteiger partial charge in [-0.05, 0) is 38.2 Å². The average molecular weight is 284 g/mol. The molecule has 0 radical (unpaired) electrons. The smallest absolute Gasteiger partial charge is 0.251 e. The van der Waals surface area contributed by atoms with Gasteiger partial charge in [0.25, 0.3) is 5.91 Å². The molecule has 0 saturated carbocycles. The van der Waals surface area contributed by atoms with Gasteiger partial charge in [-0.15, -0.1) is 0 Å². The van der Waals surface area contributed by atoms with E-state index in [1.807, 2.05) is 7.05 Å². The number of rotatable bonds is 6. The summed E-state index contributed by atoms with van der Waals surface area (Å²) < 4.78 is 0. The van der Waals surface area contributed by atoms with Crippen LogP contribution in [-0.2, 0) is 4.79 Å². The molecular formula is C13H18ClN3O2. The Morgan fingerprint density at radius 1 is 1.26 bits per heavy atom. The quantitative estimate of drug-likeness (QED) is 0.695. The fourth-order valence-corrected chi connectivity index (χ4v) is 1.71. The van der Waals surface area contributed by atoms with Gasteiger partial charge >= 0.3 is 0 Å². The second-order valence-electron chi connectivity index (χ2n) is 4.03. The highest BCUT2D eigenvalue weighted by molar-refractivity contribution is 6.33. The summed E-state index contributed by atoms with van der Waals surface area (Å²) in [4.78, 5) is 23.2. The molecule has 2 amide bonds. The van der Waals surface area contributed by atoms with Crippen molar-refractivity contribution >= 4 is 29.1 Å². The van der Waals surface area contributed by atoms with Crippen molar-refractivity contribution < 1.29 is 9.59 Å². The number of amides is 2. The second-order valence-corrected chi connectivity index (χ2v) is 4.44. The molecule has 0 spiro atoms. The molecule has 0 aliphatic rings. The van der Waals surface area contributed by atoms with Gasteiger partial charge in [0.15, 0.2) is 0 Å². The summed E-state index contributed by atoms with van der Waals surface area (Å²) in [6.45, 7) is 0.777. The minimum absolute atomic E-state index is 0.119. The topological polar surface area (TPSA) is 70.2 Å². The van der Waals surface area contributed by atoms with Crippen LogP contribution in [0.5, 0.6) is 0 Å². The van der Waals surface area contributed by atoms with Crippen molar-refractivity contribution in [2.75, 3.05) is 26.0 Å². The minimum Gasteiger partial charge on any atom is -0.355 e. The van der Waals surface area contributed by atoms with E-state index in [-0.39, 0.29) is 11.8 Å². The number of benzene rings is 1. The van der Waals surface area contributed by atoms with Crippen molar-refractivity contribution in [1.29, 1.82) is 0 Å². The first-order valence-corrected chi connectivity index (χ1v) is 6.42. The minimum atomic E-state index is -0.220. The highest BCUT2D eigenvalue weighted by Crippen LogP contribution is 2.23. The van der Waals surface area contributed by atoms with Gasteiger partial charge in [0.2, 0.25) is 5.91 Å². The summed E-state index contributed by atoms with van der Waals surface area (Å²) in [7, 11) is 3.38. The van der Waals surface area contributed by atoms with Crippen LogP contribution >= 0.6 is 11.6 Å². The predicted octanol–water partition coefficient (Wildman–Crippen LogP) is 1.64. The first-order chi connectivity index (χ1) is 9.08. The molecule has 0 saturated heterocycles. The Morgan fingerprint density at radius 2 is 2.00 bits per heavy atom. The largest absolute Gasteiger partial charge is 0.355 e. The Labute approximate surface area is 117 Å². The van der Waals surface area contributed by atoms with Gasteiger partial charge in [0.05, 0.1) is 10.7 Å². The lowest BCUT2D eigenvalue weighted by Crippen LogP contribution is -2.19. The summed E-state index contributed by atoms with van der Waals surface area (Å²) in [5, 5.41) is 8.61. The van der Waals surface area contributed by atoms with Crippen LogP contribution in [0.1, 0.15) is 23.2 Å². The van der Waals surface area contributed by atoms with Crippen LogP contribution in [0, 0.1) is 0 Å². The number of hydrogen-bond acceptors (Lipinski definition) is 3. The normalized spacial score (nSPS) is 10.1. The SMILES string of the molecule is CNCCCC(=O)Nc1cc(C(=O)NC)ccc1Cl. The molecule has 0 unspecified atom stereocenters. The number of carbonyl (C=O) groups excluding carboxylic acids is 2. The van der Waals surface area contributed by atoms with E-state index >= 15 is 0 Å². The van der Waals surface area contributed by atoms with Gasteiger partial charge in [-0.25, -0.2) is 0 Å².